The summed E-state index contributed by atoms with van der Waals surface area (Å²) in [5.41, 5.74) is 0.883. The molecule has 0 radical (unpaired) electrons. The van der Waals surface area contributed by atoms with Gasteiger partial charge in [0.2, 0.25) is 11.8 Å². The Morgan fingerprint density at radius 2 is 1.78 bits per heavy atom. The molecule has 0 spiro atoms. The van der Waals surface area contributed by atoms with Crippen LogP contribution in [0.5, 0.6) is 0 Å². The molecule has 1 N–H and O–H groups in total. The van der Waals surface area contributed by atoms with Crippen LogP contribution in [-0.4, -0.2) is 34.8 Å². The van der Waals surface area contributed by atoms with Gasteiger partial charge in [0.05, 0.1) is 11.7 Å². The van der Waals surface area contributed by atoms with Crippen molar-refractivity contribution < 1.29 is 9.59 Å². The van der Waals surface area contributed by atoms with Crippen LogP contribution in [0.1, 0.15) is 76.4 Å². The maximum Gasteiger partial charge on any atom is 0.222 e. The van der Waals surface area contributed by atoms with E-state index in [1.165, 1.54) is 32.1 Å². The van der Waals surface area contributed by atoms with Crippen LogP contribution in [0, 0.1) is 11.8 Å². The highest BCUT2D eigenvalue weighted by atomic mass is 16.2. The topological polar surface area (TPSA) is 62.3 Å². The number of pyridine rings is 1. The predicted octanol–water partition coefficient (Wildman–Crippen LogP) is 3.86. The molecule has 2 amide bonds. The van der Waals surface area contributed by atoms with Crippen molar-refractivity contribution in [2.45, 2.75) is 70.8 Å². The third-order valence-electron chi connectivity index (χ3n) is 6.14. The zero-order valence-corrected chi connectivity index (χ0v) is 16.5. The Balaban J connectivity index is 1.37. The second-order valence-electron chi connectivity index (χ2n) is 8.28. The number of hydrogen-bond donors (Lipinski definition) is 1. The lowest BCUT2D eigenvalue weighted by Gasteiger charge is -2.33. The van der Waals surface area contributed by atoms with Gasteiger partial charge < -0.3 is 10.2 Å². The molecule has 148 valence electrons. The first-order valence-corrected chi connectivity index (χ1v) is 10.6. The normalized spacial score (nSPS) is 20.3. The Labute approximate surface area is 162 Å². The van der Waals surface area contributed by atoms with Crippen LogP contribution in [0.15, 0.2) is 24.4 Å². The number of hydrogen-bond acceptors (Lipinski definition) is 3. The van der Waals surface area contributed by atoms with E-state index in [4.69, 9.17) is 0 Å². The van der Waals surface area contributed by atoms with Gasteiger partial charge in [0, 0.05) is 32.1 Å². The van der Waals surface area contributed by atoms with E-state index in [0.29, 0.717) is 24.2 Å². The van der Waals surface area contributed by atoms with Crippen molar-refractivity contribution in [3.63, 3.8) is 0 Å². The van der Waals surface area contributed by atoms with Gasteiger partial charge in [0.15, 0.2) is 0 Å². The highest BCUT2D eigenvalue weighted by molar-refractivity contribution is 5.77. The molecule has 0 aromatic carbocycles. The monoisotopic (exact) mass is 371 g/mol. The summed E-state index contributed by atoms with van der Waals surface area (Å²) in [6, 6.07) is 5.67. The summed E-state index contributed by atoms with van der Waals surface area (Å²) in [5.74, 6) is 1.39. The number of nitrogens with zero attached hydrogens (tertiary/aromatic N) is 2. The molecule has 0 unspecified atom stereocenters. The summed E-state index contributed by atoms with van der Waals surface area (Å²) in [6.07, 6.45) is 11.2. The Bertz CT molecular complexity index is 605. The summed E-state index contributed by atoms with van der Waals surface area (Å²) in [6.45, 7) is 3.57. The minimum Gasteiger partial charge on any atom is -0.348 e. The Kier molecular flexibility index (Phi) is 7.25. The molecule has 5 heteroatoms. The first-order valence-electron chi connectivity index (χ1n) is 10.6. The fourth-order valence-corrected chi connectivity index (χ4v) is 4.42. The van der Waals surface area contributed by atoms with Crippen molar-refractivity contribution in [3.8, 4) is 0 Å². The molecule has 1 atom stereocenters. The Morgan fingerprint density at radius 1 is 1.07 bits per heavy atom. The van der Waals surface area contributed by atoms with Crippen LogP contribution in [-0.2, 0) is 9.59 Å². The lowest BCUT2D eigenvalue weighted by atomic mass is 9.86. The van der Waals surface area contributed by atoms with Gasteiger partial charge in [-0.15, -0.1) is 0 Å². The zero-order valence-electron chi connectivity index (χ0n) is 16.5. The molecule has 2 heterocycles. The van der Waals surface area contributed by atoms with Crippen LogP contribution < -0.4 is 5.32 Å². The van der Waals surface area contributed by atoms with Gasteiger partial charge in [-0.05, 0) is 56.6 Å². The Hall–Kier alpha value is -1.91. The van der Waals surface area contributed by atoms with Crippen molar-refractivity contribution in [3.05, 3.63) is 30.1 Å². The summed E-state index contributed by atoms with van der Waals surface area (Å²) in [7, 11) is 0. The minimum absolute atomic E-state index is 0.0733. The molecule has 3 rings (SSSR count). The molecule has 2 aliphatic rings. The number of rotatable bonds is 6. The molecule has 1 saturated heterocycles. The molecular formula is C22H33N3O2. The summed E-state index contributed by atoms with van der Waals surface area (Å²) in [5, 5.41) is 3.05. The van der Waals surface area contributed by atoms with E-state index in [1.54, 1.807) is 6.20 Å². The third kappa shape index (κ3) is 6.05. The molecule has 0 bridgehead atoms. The zero-order chi connectivity index (χ0) is 19.1. The van der Waals surface area contributed by atoms with E-state index < -0.39 is 0 Å². The van der Waals surface area contributed by atoms with Crippen molar-refractivity contribution >= 4 is 11.8 Å². The fourth-order valence-electron chi connectivity index (χ4n) is 4.42. The van der Waals surface area contributed by atoms with E-state index in [9.17, 15) is 9.59 Å². The van der Waals surface area contributed by atoms with E-state index in [1.807, 2.05) is 30.0 Å². The second kappa shape index (κ2) is 9.86. The van der Waals surface area contributed by atoms with Crippen molar-refractivity contribution in [2.24, 2.45) is 11.8 Å². The first-order chi connectivity index (χ1) is 13.1. The van der Waals surface area contributed by atoms with Gasteiger partial charge in [0.1, 0.15) is 0 Å². The van der Waals surface area contributed by atoms with Gasteiger partial charge in [0.25, 0.3) is 0 Å². The number of carbonyl (C=O) groups excluding carboxylic acids is 2. The molecule has 27 heavy (non-hydrogen) atoms. The number of aromatic nitrogens is 1. The van der Waals surface area contributed by atoms with E-state index >= 15 is 0 Å². The largest absolute Gasteiger partial charge is 0.348 e. The highest BCUT2D eigenvalue weighted by Gasteiger charge is 2.26. The predicted molar refractivity (Wildman–Crippen MR) is 106 cm³/mol. The molecule has 1 aromatic rings. The van der Waals surface area contributed by atoms with Crippen LogP contribution >= 0.6 is 0 Å². The average molecular weight is 372 g/mol. The fraction of sp³-hybridized carbons (Fsp3) is 0.682. The minimum atomic E-state index is -0.0733. The number of piperidine rings is 1. The molecule has 1 aliphatic carbocycles. The van der Waals surface area contributed by atoms with Crippen molar-refractivity contribution in [2.75, 3.05) is 13.1 Å². The van der Waals surface area contributed by atoms with Gasteiger partial charge in [-0.3, -0.25) is 14.6 Å². The third-order valence-corrected chi connectivity index (χ3v) is 6.14. The maximum atomic E-state index is 12.5. The number of likely N-dealkylation sites (tertiary alicyclic amines) is 1. The van der Waals surface area contributed by atoms with Crippen LogP contribution in [0.25, 0.3) is 0 Å². The summed E-state index contributed by atoms with van der Waals surface area (Å²) < 4.78 is 0. The van der Waals surface area contributed by atoms with Gasteiger partial charge in [-0.25, -0.2) is 0 Å². The number of carbonyl (C=O) groups is 2. The van der Waals surface area contributed by atoms with Gasteiger partial charge in [-0.1, -0.05) is 25.3 Å². The maximum absolute atomic E-state index is 12.5. The van der Waals surface area contributed by atoms with Gasteiger partial charge in [-0.2, -0.15) is 0 Å². The lowest BCUT2D eigenvalue weighted by Crippen LogP contribution is -2.40. The van der Waals surface area contributed by atoms with Crippen molar-refractivity contribution in [1.29, 1.82) is 0 Å². The molecule has 5 nitrogen and oxygen atoms in total. The second-order valence-corrected chi connectivity index (χ2v) is 8.28. The van der Waals surface area contributed by atoms with E-state index in [2.05, 4.69) is 10.3 Å². The van der Waals surface area contributed by atoms with Crippen LogP contribution in [0.4, 0.5) is 0 Å². The van der Waals surface area contributed by atoms with Gasteiger partial charge >= 0.3 is 0 Å². The van der Waals surface area contributed by atoms with Crippen LogP contribution in [0.3, 0.4) is 0 Å². The number of amides is 2. The molecule has 1 saturated carbocycles. The lowest BCUT2D eigenvalue weighted by molar-refractivity contribution is -0.134. The smallest absolute Gasteiger partial charge is 0.222 e. The molecule has 1 aliphatic heterocycles. The average Bonchev–Trinajstić information content (AvgIpc) is 2.70. The van der Waals surface area contributed by atoms with E-state index in [-0.39, 0.29) is 11.9 Å². The molecule has 2 fully saturated rings. The summed E-state index contributed by atoms with van der Waals surface area (Å²) >= 11 is 0. The first kappa shape index (κ1) is 19.8. The van der Waals surface area contributed by atoms with E-state index in [0.717, 1.165) is 38.0 Å². The molecular weight excluding hydrogens is 338 g/mol. The van der Waals surface area contributed by atoms with Crippen molar-refractivity contribution in [1.82, 2.24) is 15.2 Å². The highest BCUT2D eigenvalue weighted by Crippen LogP contribution is 2.28. The molecule has 1 aromatic heterocycles. The standard InChI is InChI=1S/C22H33N3O2/c1-17(20-9-5-6-12-23-20)24-21(26)15-19-10-13-25(14-11-19)22(27)16-18-7-3-2-4-8-18/h5-6,9,12,17-19H,2-4,7-8,10-11,13-16H2,1H3,(H,24,26)/t17-/m1/s1. The Morgan fingerprint density at radius 3 is 2.44 bits per heavy atom. The SMILES string of the molecule is C[C@@H](NC(=O)CC1CCN(C(=O)CC2CCCCC2)CC1)c1ccccn1. The summed E-state index contributed by atoms with van der Waals surface area (Å²) in [4.78, 5) is 31.2. The quantitative estimate of drug-likeness (QED) is 0.826. The number of nitrogens with one attached hydrogen (secondary N) is 1. The van der Waals surface area contributed by atoms with Crippen LogP contribution in [0.2, 0.25) is 0 Å².